The summed E-state index contributed by atoms with van der Waals surface area (Å²) in [6.07, 6.45) is 0. The van der Waals surface area contributed by atoms with Crippen LogP contribution in [0.15, 0.2) is 30.3 Å². The van der Waals surface area contributed by atoms with Gasteiger partial charge >= 0.3 is 11.9 Å². The Labute approximate surface area is 122 Å². The number of carbonyl (C=O) groups excluding carboxylic acids is 2. The Morgan fingerprint density at radius 2 is 1.86 bits per heavy atom. The van der Waals surface area contributed by atoms with Gasteiger partial charge in [-0.25, -0.2) is 14.3 Å². The van der Waals surface area contributed by atoms with E-state index < -0.39 is 11.9 Å². The van der Waals surface area contributed by atoms with E-state index in [2.05, 4.69) is 5.10 Å². The molecular weight excluding hydrogens is 272 g/mol. The monoisotopic (exact) mass is 288 g/mol. The molecule has 0 amide bonds. The number of benzene rings is 1. The van der Waals surface area contributed by atoms with Gasteiger partial charge in [0.05, 0.1) is 25.1 Å². The molecule has 0 saturated heterocycles. The molecule has 0 aliphatic heterocycles. The number of nitrogens with zero attached hydrogens (tertiary/aromatic N) is 2. The smallest absolute Gasteiger partial charge is 0.357 e. The molecule has 0 radical (unpaired) electrons. The molecule has 1 aromatic heterocycles. The maximum absolute atomic E-state index is 12.2. The van der Waals surface area contributed by atoms with Gasteiger partial charge in [0.15, 0.2) is 5.69 Å². The van der Waals surface area contributed by atoms with Gasteiger partial charge < -0.3 is 9.47 Å². The van der Waals surface area contributed by atoms with Crippen LogP contribution in [0.3, 0.4) is 0 Å². The maximum Gasteiger partial charge on any atom is 0.357 e. The molecule has 0 aliphatic rings. The summed E-state index contributed by atoms with van der Waals surface area (Å²) >= 11 is 0. The largest absolute Gasteiger partial charge is 0.465 e. The van der Waals surface area contributed by atoms with Crippen LogP contribution in [-0.2, 0) is 9.47 Å². The lowest BCUT2D eigenvalue weighted by Gasteiger charge is -2.08. The lowest BCUT2D eigenvalue weighted by molar-refractivity contribution is 0.0494. The molecule has 0 N–H and O–H groups in total. The number of methoxy groups -OCH3 is 1. The van der Waals surface area contributed by atoms with Crippen molar-refractivity contribution in [2.24, 2.45) is 0 Å². The first kappa shape index (κ1) is 14.8. The SMILES string of the molecule is CCOC(=O)c1c(C(=O)OC)c(C)nn1-c1ccccc1. The fraction of sp³-hybridized carbons (Fsp3) is 0.267. The zero-order valence-corrected chi connectivity index (χ0v) is 12.1. The van der Waals surface area contributed by atoms with Gasteiger partial charge in [-0.05, 0) is 26.0 Å². The van der Waals surface area contributed by atoms with Gasteiger partial charge in [0, 0.05) is 0 Å². The number of hydrogen-bond donors (Lipinski definition) is 0. The normalized spacial score (nSPS) is 10.2. The van der Waals surface area contributed by atoms with Crippen molar-refractivity contribution in [2.75, 3.05) is 13.7 Å². The summed E-state index contributed by atoms with van der Waals surface area (Å²) in [7, 11) is 1.26. The quantitative estimate of drug-likeness (QED) is 0.806. The second-order valence-corrected chi connectivity index (χ2v) is 4.27. The van der Waals surface area contributed by atoms with Crippen molar-refractivity contribution in [2.45, 2.75) is 13.8 Å². The van der Waals surface area contributed by atoms with E-state index >= 15 is 0 Å². The molecule has 0 spiro atoms. The van der Waals surface area contributed by atoms with Crippen molar-refractivity contribution in [1.82, 2.24) is 9.78 Å². The summed E-state index contributed by atoms with van der Waals surface area (Å²) in [6.45, 7) is 3.55. The van der Waals surface area contributed by atoms with Gasteiger partial charge in [-0.3, -0.25) is 0 Å². The number of aromatic nitrogens is 2. The number of para-hydroxylation sites is 1. The van der Waals surface area contributed by atoms with E-state index in [1.54, 1.807) is 26.0 Å². The zero-order chi connectivity index (χ0) is 15.4. The van der Waals surface area contributed by atoms with Crippen LogP contribution in [0, 0.1) is 6.92 Å². The van der Waals surface area contributed by atoms with Crippen LogP contribution in [-0.4, -0.2) is 35.4 Å². The van der Waals surface area contributed by atoms with Crippen molar-refractivity contribution in [3.8, 4) is 5.69 Å². The van der Waals surface area contributed by atoms with Gasteiger partial charge in [-0.15, -0.1) is 0 Å². The molecule has 0 atom stereocenters. The van der Waals surface area contributed by atoms with E-state index in [4.69, 9.17) is 9.47 Å². The average molecular weight is 288 g/mol. The summed E-state index contributed by atoms with van der Waals surface area (Å²) in [6, 6.07) is 9.07. The fourth-order valence-electron chi connectivity index (χ4n) is 2.02. The Kier molecular flexibility index (Phi) is 4.37. The third-order valence-corrected chi connectivity index (χ3v) is 2.92. The number of ether oxygens (including phenoxy) is 2. The Morgan fingerprint density at radius 1 is 1.19 bits per heavy atom. The maximum atomic E-state index is 12.2. The molecule has 2 aromatic rings. The highest BCUT2D eigenvalue weighted by Crippen LogP contribution is 2.20. The van der Waals surface area contributed by atoms with E-state index in [9.17, 15) is 9.59 Å². The van der Waals surface area contributed by atoms with E-state index in [1.165, 1.54) is 11.8 Å². The molecular formula is C15H16N2O4. The van der Waals surface area contributed by atoms with Crippen LogP contribution in [0.2, 0.25) is 0 Å². The number of aryl methyl sites for hydroxylation is 1. The standard InChI is InChI=1S/C15H16N2O4/c1-4-21-15(19)13-12(14(18)20-3)10(2)16-17(13)11-8-6-5-7-9-11/h5-9H,4H2,1-3H3. The van der Waals surface area contributed by atoms with E-state index in [0.29, 0.717) is 11.4 Å². The predicted octanol–water partition coefficient (Wildman–Crippen LogP) is 2.14. The molecule has 0 unspecified atom stereocenters. The van der Waals surface area contributed by atoms with Gasteiger partial charge in [0.25, 0.3) is 0 Å². The van der Waals surface area contributed by atoms with Crippen molar-refractivity contribution in [3.63, 3.8) is 0 Å². The molecule has 0 aliphatic carbocycles. The van der Waals surface area contributed by atoms with Crippen molar-refractivity contribution in [3.05, 3.63) is 47.3 Å². The van der Waals surface area contributed by atoms with E-state index in [0.717, 1.165) is 0 Å². The highest BCUT2D eigenvalue weighted by Gasteiger charge is 2.28. The van der Waals surface area contributed by atoms with Crippen molar-refractivity contribution >= 4 is 11.9 Å². The van der Waals surface area contributed by atoms with Gasteiger partial charge in [-0.1, -0.05) is 18.2 Å². The van der Waals surface area contributed by atoms with Crippen LogP contribution in [0.1, 0.15) is 33.5 Å². The third-order valence-electron chi connectivity index (χ3n) is 2.92. The first-order valence-corrected chi connectivity index (χ1v) is 6.50. The van der Waals surface area contributed by atoms with Crippen LogP contribution >= 0.6 is 0 Å². The first-order valence-electron chi connectivity index (χ1n) is 6.50. The fourth-order valence-corrected chi connectivity index (χ4v) is 2.02. The number of hydrogen-bond acceptors (Lipinski definition) is 5. The minimum absolute atomic E-state index is 0.0763. The summed E-state index contributed by atoms with van der Waals surface area (Å²) < 4.78 is 11.2. The summed E-state index contributed by atoms with van der Waals surface area (Å²) in [4.78, 5) is 24.1. The van der Waals surface area contributed by atoms with Gasteiger partial charge in [0.2, 0.25) is 0 Å². The zero-order valence-electron chi connectivity index (χ0n) is 12.1. The first-order chi connectivity index (χ1) is 10.1. The highest BCUT2D eigenvalue weighted by atomic mass is 16.5. The van der Waals surface area contributed by atoms with E-state index in [-0.39, 0.29) is 17.9 Å². The number of rotatable bonds is 4. The highest BCUT2D eigenvalue weighted by molar-refractivity contribution is 6.03. The number of carbonyl (C=O) groups is 2. The van der Waals surface area contributed by atoms with Gasteiger partial charge in [-0.2, -0.15) is 5.10 Å². The molecule has 2 rings (SSSR count). The van der Waals surface area contributed by atoms with Crippen molar-refractivity contribution < 1.29 is 19.1 Å². The molecule has 0 saturated carbocycles. The molecule has 0 fully saturated rings. The van der Waals surface area contributed by atoms with E-state index in [1.807, 2.05) is 18.2 Å². The summed E-state index contributed by atoms with van der Waals surface area (Å²) in [5.41, 5.74) is 1.28. The molecule has 6 nitrogen and oxygen atoms in total. The Balaban J connectivity index is 2.66. The molecule has 1 heterocycles. The van der Waals surface area contributed by atoms with Crippen molar-refractivity contribution in [1.29, 1.82) is 0 Å². The molecule has 0 bridgehead atoms. The summed E-state index contributed by atoms with van der Waals surface area (Å²) in [5.74, 6) is -1.22. The Bertz CT molecular complexity index is 662. The minimum atomic E-state index is -0.613. The average Bonchev–Trinajstić information content (AvgIpc) is 2.85. The number of esters is 2. The summed E-state index contributed by atoms with van der Waals surface area (Å²) in [5, 5.41) is 4.27. The van der Waals surface area contributed by atoms with Crippen LogP contribution in [0.4, 0.5) is 0 Å². The van der Waals surface area contributed by atoms with Crippen LogP contribution < -0.4 is 0 Å². The molecule has 6 heteroatoms. The molecule has 110 valence electrons. The van der Waals surface area contributed by atoms with Crippen LogP contribution in [0.25, 0.3) is 5.69 Å². The second-order valence-electron chi connectivity index (χ2n) is 4.27. The molecule has 21 heavy (non-hydrogen) atoms. The molecule has 1 aromatic carbocycles. The lowest BCUT2D eigenvalue weighted by atomic mass is 10.2. The topological polar surface area (TPSA) is 70.4 Å². The minimum Gasteiger partial charge on any atom is -0.465 e. The Hall–Kier alpha value is -2.63. The third kappa shape index (κ3) is 2.79. The second kappa shape index (κ2) is 6.21. The van der Waals surface area contributed by atoms with Gasteiger partial charge in [0.1, 0.15) is 5.56 Å². The predicted molar refractivity (Wildman–Crippen MR) is 75.6 cm³/mol. The lowest BCUT2D eigenvalue weighted by Crippen LogP contribution is -2.16. The van der Waals surface area contributed by atoms with Crippen LogP contribution in [0.5, 0.6) is 0 Å². The Morgan fingerprint density at radius 3 is 2.43 bits per heavy atom.